The van der Waals surface area contributed by atoms with Crippen molar-refractivity contribution >= 4 is 11.8 Å². The lowest BCUT2D eigenvalue weighted by Gasteiger charge is -2.19. The van der Waals surface area contributed by atoms with E-state index in [2.05, 4.69) is 5.32 Å². The molecule has 2 aromatic rings. The van der Waals surface area contributed by atoms with Crippen LogP contribution in [0, 0.1) is 0 Å². The van der Waals surface area contributed by atoms with Gasteiger partial charge in [0.25, 0.3) is 5.91 Å². The molecule has 2 aromatic carbocycles. The van der Waals surface area contributed by atoms with Gasteiger partial charge in [-0.25, -0.2) is 0 Å². The monoisotopic (exact) mass is 324 g/mol. The number of benzene rings is 2. The molecule has 1 aliphatic rings. The van der Waals surface area contributed by atoms with Crippen molar-refractivity contribution in [3.8, 4) is 5.75 Å². The number of rotatable bonds is 5. The van der Waals surface area contributed by atoms with Crippen molar-refractivity contribution < 1.29 is 14.3 Å². The lowest BCUT2D eigenvalue weighted by Crippen LogP contribution is -2.38. The summed E-state index contributed by atoms with van der Waals surface area (Å²) in [5.74, 6) is 0.523. The Kier molecular flexibility index (Phi) is 4.51. The van der Waals surface area contributed by atoms with Crippen LogP contribution in [0.4, 0.5) is 0 Å². The molecule has 5 heteroatoms. The second-order valence-electron chi connectivity index (χ2n) is 5.88. The van der Waals surface area contributed by atoms with Gasteiger partial charge in [0.2, 0.25) is 5.91 Å². The van der Waals surface area contributed by atoms with Gasteiger partial charge in [-0.1, -0.05) is 30.3 Å². The molecule has 0 spiro atoms. The maximum absolute atomic E-state index is 12.3. The highest BCUT2D eigenvalue weighted by Crippen LogP contribution is 2.22. The zero-order valence-electron chi connectivity index (χ0n) is 13.8. The highest BCUT2D eigenvalue weighted by Gasteiger charge is 2.28. The molecule has 0 aromatic heterocycles. The minimum absolute atomic E-state index is 0.0635. The van der Waals surface area contributed by atoms with E-state index in [0.29, 0.717) is 12.1 Å². The number of fused-ring (bicyclic) bond motifs is 1. The van der Waals surface area contributed by atoms with Crippen molar-refractivity contribution in [3.63, 3.8) is 0 Å². The van der Waals surface area contributed by atoms with E-state index in [-0.39, 0.29) is 24.4 Å². The minimum Gasteiger partial charge on any atom is -0.497 e. The molecule has 0 saturated heterocycles. The van der Waals surface area contributed by atoms with Gasteiger partial charge in [0, 0.05) is 12.1 Å². The van der Waals surface area contributed by atoms with E-state index in [9.17, 15) is 9.59 Å². The fourth-order valence-corrected chi connectivity index (χ4v) is 2.88. The van der Waals surface area contributed by atoms with Crippen LogP contribution in [0.25, 0.3) is 0 Å². The van der Waals surface area contributed by atoms with Crippen LogP contribution < -0.4 is 10.1 Å². The summed E-state index contributed by atoms with van der Waals surface area (Å²) < 4.78 is 5.13. The topological polar surface area (TPSA) is 58.6 Å². The highest BCUT2D eigenvalue weighted by atomic mass is 16.5. The van der Waals surface area contributed by atoms with E-state index in [1.807, 2.05) is 49.4 Å². The molecular weight excluding hydrogens is 304 g/mol. The van der Waals surface area contributed by atoms with Gasteiger partial charge in [-0.3, -0.25) is 9.59 Å². The number of nitrogens with zero attached hydrogens (tertiary/aromatic N) is 1. The molecule has 0 bridgehead atoms. The minimum atomic E-state index is -0.167. The predicted molar refractivity (Wildman–Crippen MR) is 90.7 cm³/mol. The van der Waals surface area contributed by atoms with Crippen LogP contribution in [0.5, 0.6) is 5.75 Å². The Morgan fingerprint density at radius 2 is 1.92 bits per heavy atom. The zero-order chi connectivity index (χ0) is 17.1. The second-order valence-corrected chi connectivity index (χ2v) is 5.88. The van der Waals surface area contributed by atoms with Crippen LogP contribution in [0.2, 0.25) is 0 Å². The number of carbonyl (C=O) groups excluding carboxylic acids is 2. The van der Waals surface area contributed by atoms with E-state index < -0.39 is 0 Å². The molecule has 24 heavy (non-hydrogen) atoms. The molecular formula is C19H20N2O3. The van der Waals surface area contributed by atoms with Crippen LogP contribution in [-0.4, -0.2) is 30.4 Å². The molecule has 0 aliphatic carbocycles. The molecule has 124 valence electrons. The van der Waals surface area contributed by atoms with Gasteiger partial charge in [0.1, 0.15) is 12.3 Å². The van der Waals surface area contributed by atoms with E-state index >= 15 is 0 Å². The Labute approximate surface area is 141 Å². The van der Waals surface area contributed by atoms with Crippen molar-refractivity contribution in [2.24, 2.45) is 0 Å². The molecule has 0 unspecified atom stereocenters. The Morgan fingerprint density at radius 3 is 2.58 bits per heavy atom. The lowest BCUT2D eigenvalue weighted by atomic mass is 10.1. The van der Waals surface area contributed by atoms with Gasteiger partial charge in [-0.15, -0.1) is 0 Å². The third-order valence-corrected chi connectivity index (χ3v) is 4.22. The second kappa shape index (κ2) is 6.74. The summed E-state index contributed by atoms with van der Waals surface area (Å²) in [5.41, 5.74) is 2.65. The summed E-state index contributed by atoms with van der Waals surface area (Å²) in [5, 5.41) is 2.93. The number of methoxy groups -OCH3 is 1. The first-order valence-corrected chi connectivity index (χ1v) is 7.89. The molecule has 3 rings (SSSR count). The molecule has 1 atom stereocenters. The standard InChI is InChI=1S/C19H20N2O3/c1-13(14-7-9-16(24-2)10-8-14)20-18(22)12-21-11-15-5-3-4-6-17(15)19(21)23/h3-10,13H,11-12H2,1-2H3,(H,20,22)/t13-/m0/s1. The van der Waals surface area contributed by atoms with Gasteiger partial charge in [-0.2, -0.15) is 0 Å². The maximum atomic E-state index is 12.3. The third kappa shape index (κ3) is 3.25. The van der Waals surface area contributed by atoms with Crippen LogP contribution in [-0.2, 0) is 11.3 Å². The van der Waals surface area contributed by atoms with Crippen LogP contribution in [0.3, 0.4) is 0 Å². The predicted octanol–water partition coefficient (Wildman–Crippen LogP) is 2.53. The Balaban J connectivity index is 1.59. The Hall–Kier alpha value is -2.82. The molecule has 0 saturated carbocycles. The van der Waals surface area contributed by atoms with Gasteiger partial charge < -0.3 is 15.0 Å². The average molecular weight is 324 g/mol. The molecule has 1 N–H and O–H groups in total. The fraction of sp³-hybridized carbons (Fsp3) is 0.263. The number of hydrogen-bond donors (Lipinski definition) is 1. The van der Waals surface area contributed by atoms with Crippen LogP contribution in [0.15, 0.2) is 48.5 Å². The summed E-state index contributed by atoms with van der Waals surface area (Å²) in [6, 6.07) is 14.9. The molecule has 1 aliphatic heterocycles. The van der Waals surface area contributed by atoms with Crippen LogP contribution >= 0.6 is 0 Å². The van der Waals surface area contributed by atoms with Gasteiger partial charge >= 0.3 is 0 Å². The smallest absolute Gasteiger partial charge is 0.254 e. The Morgan fingerprint density at radius 1 is 1.21 bits per heavy atom. The lowest BCUT2D eigenvalue weighted by molar-refractivity contribution is -0.122. The third-order valence-electron chi connectivity index (χ3n) is 4.22. The quantitative estimate of drug-likeness (QED) is 0.919. The zero-order valence-corrected chi connectivity index (χ0v) is 13.8. The maximum Gasteiger partial charge on any atom is 0.254 e. The number of nitrogens with one attached hydrogen (secondary N) is 1. The summed E-state index contributed by atoms with van der Waals surface area (Å²) in [6.07, 6.45) is 0. The highest BCUT2D eigenvalue weighted by molar-refractivity contribution is 6.00. The number of ether oxygens (including phenoxy) is 1. The van der Waals surface area contributed by atoms with Crippen molar-refractivity contribution in [1.29, 1.82) is 0 Å². The molecule has 0 radical (unpaired) electrons. The molecule has 5 nitrogen and oxygen atoms in total. The van der Waals surface area contributed by atoms with E-state index in [0.717, 1.165) is 16.9 Å². The normalized spacial score (nSPS) is 14.2. The van der Waals surface area contributed by atoms with Crippen molar-refractivity contribution in [1.82, 2.24) is 10.2 Å². The SMILES string of the molecule is COc1ccc([C@H](C)NC(=O)CN2Cc3ccccc3C2=O)cc1. The van der Waals surface area contributed by atoms with E-state index in [1.54, 1.807) is 18.1 Å². The van der Waals surface area contributed by atoms with E-state index in [4.69, 9.17) is 4.74 Å². The number of carbonyl (C=O) groups is 2. The van der Waals surface area contributed by atoms with Gasteiger partial charge in [-0.05, 0) is 36.2 Å². The Bertz CT molecular complexity index is 755. The summed E-state index contributed by atoms with van der Waals surface area (Å²) in [4.78, 5) is 26.1. The largest absolute Gasteiger partial charge is 0.497 e. The molecule has 1 heterocycles. The van der Waals surface area contributed by atoms with Gasteiger partial charge in [0.05, 0.1) is 13.2 Å². The van der Waals surface area contributed by atoms with Crippen molar-refractivity contribution in [2.45, 2.75) is 19.5 Å². The number of amides is 2. The van der Waals surface area contributed by atoms with Gasteiger partial charge in [0.15, 0.2) is 0 Å². The van der Waals surface area contributed by atoms with Crippen LogP contribution in [0.1, 0.15) is 34.5 Å². The first-order chi connectivity index (χ1) is 11.6. The van der Waals surface area contributed by atoms with Crippen molar-refractivity contribution in [3.05, 3.63) is 65.2 Å². The number of hydrogen-bond acceptors (Lipinski definition) is 3. The first kappa shape index (κ1) is 16.1. The molecule has 2 amide bonds. The average Bonchev–Trinajstić information content (AvgIpc) is 2.91. The fourth-order valence-electron chi connectivity index (χ4n) is 2.88. The van der Waals surface area contributed by atoms with Crippen molar-refractivity contribution in [2.75, 3.05) is 13.7 Å². The molecule has 0 fully saturated rings. The van der Waals surface area contributed by atoms with E-state index in [1.165, 1.54) is 0 Å². The summed E-state index contributed by atoms with van der Waals surface area (Å²) >= 11 is 0. The summed E-state index contributed by atoms with van der Waals surface area (Å²) in [7, 11) is 1.62. The summed E-state index contributed by atoms with van der Waals surface area (Å²) in [6.45, 7) is 2.47. The first-order valence-electron chi connectivity index (χ1n) is 7.89.